The lowest BCUT2D eigenvalue weighted by molar-refractivity contribution is -0.776. The number of piperidine rings is 1. The van der Waals surface area contributed by atoms with Gasteiger partial charge in [-0.2, -0.15) is 10.2 Å². The minimum atomic E-state index is -0.0166. The van der Waals surface area contributed by atoms with Crippen molar-refractivity contribution in [3.8, 4) is 11.3 Å². The first-order chi connectivity index (χ1) is 16.3. The van der Waals surface area contributed by atoms with Gasteiger partial charge in [0.1, 0.15) is 11.3 Å². The third kappa shape index (κ3) is 4.02. The fraction of sp³-hybridized carbons (Fsp3) is 0.400. The van der Waals surface area contributed by atoms with Crippen molar-refractivity contribution in [2.45, 2.75) is 53.0 Å². The summed E-state index contributed by atoms with van der Waals surface area (Å²) < 4.78 is 2.17. The largest absolute Gasteiger partial charge is 0.342 e. The summed E-state index contributed by atoms with van der Waals surface area (Å²) in [5.41, 5.74) is 7.10. The number of Topliss-reactive ketones (excluding diaryl/α,β-unsaturated/α-hetero) is 1. The van der Waals surface area contributed by atoms with Crippen LogP contribution in [-0.2, 0) is 11.2 Å². The van der Waals surface area contributed by atoms with Crippen molar-refractivity contribution in [1.29, 1.82) is 0 Å². The van der Waals surface area contributed by atoms with Crippen LogP contribution in [0.25, 0.3) is 22.3 Å². The molecule has 4 aromatic rings. The minimum absolute atomic E-state index is 0.0166. The second kappa shape index (κ2) is 8.55. The normalized spacial score (nSPS) is 14.8. The summed E-state index contributed by atoms with van der Waals surface area (Å²) in [4.78, 5) is 34.2. The number of ketones is 1. The van der Waals surface area contributed by atoms with E-state index in [4.69, 9.17) is 0 Å². The second-order valence-electron chi connectivity index (χ2n) is 9.31. The Morgan fingerprint density at radius 2 is 1.91 bits per heavy atom. The van der Waals surface area contributed by atoms with Crippen molar-refractivity contribution < 1.29 is 14.3 Å². The third-order valence-electron chi connectivity index (χ3n) is 6.97. The number of carbonyl (C=O) groups excluding carboxylic acids is 2. The van der Waals surface area contributed by atoms with E-state index in [1.807, 2.05) is 24.8 Å². The number of H-pyrrole nitrogens is 3. The number of likely N-dealkylation sites (tertiary alicyclic amines) is 1. The second-order valence-corrected chi connectivity index (χ2v) is 9.31. The zero-order valence-electron chi connectivity index (χ0n) is 20.0. The number of aromatic amines is 3. The molecule has 5 rings (SSSR count). The van der Waals surface area contributed by atoms with Gasteiger partial charge >= 0.3 is 0 Å². The van der Waals surface area contributed by atoms with Crippen LogP contribution in [0.15, 0.2) is 24.5 Å². The van der Waals surface area contributed by atoms with Crippen LogP contribution in [0.4, 0.5) is 0 Å². The number of pyridine rings is 1. The lowest BCUT2D eigenvalue weighted by Gasteiger charge is -2.27. The van der Waals surface area contributed by atoms with Gasteiger partial charge in [0.05, 0.1) is 17.0 Å². The number of fused-ring (bicyclic) bond motifs is 1. The fourth-order valence-corrected chi connectivity index (χ4v) is 4.78. The maximum absolute atomic E-state index is 12.7. The molecular formula is C25H30N7O2+. The molecule has 9 heteroatoms. The number of nitrogens with one attached hydrogen (secondary N) is 3. The predicted octanol–water partition coefficient (Wildman–Crippen LogP) is 3.10. The average molecular weight is 461 g/mol. The molecule has 0 radical (unpaired) electrons. The fourth-order valence-electron chi connectivity index (χ4n) is 4.78. The van der Waals surface area contributed by atoms with E-state index in [9.17, 15) is 9.59 Å². The Hall–Kier alpha value is -3.75. The molecule has 9 nitrogen and oxygen atoms in total. The molecule has 0 bridgehead atoms. The molecule has 1 amide bonds. The number of rotatable bonds is 5. The van der Waals surface area contributed by atoms with Crippen molar-refractivity contribution in [2.75, 3.05) is 13.1 Å². The van der Waals surface area contributed by atoms with E-state index in [1.54, 1.807) is 13.1 Å². The van der Waals surface area contributed by atoms with Gasteiger partial charge in [-0.05, 0) is 38.5 Å². The van der Waals surface area contributed by atoms with Gasteiger partial charge in [-0.3, -0.25) is 14.7 Å². The first-order valence-electron chi connectivity index (χ1n) is 11.7. The highest BCUT2D eigenvalue weighted by Crippen LogP contribution is 2.27. The van der Waals surface area contributed by atoms with Gasteiger partial charge in [0.25, 0.3) is 0 Å². The van der Waals surface area contributed by atoms with Gasteiger partial charge < -0.3 is 9.88 Å². The molecule has 0 aliphatic carbocycles. The van der Waals surface area contributed by atoms with Gasteiger partial charge in [-0.25, -0.2) is 4.98 Å². The minimum Gasteiger partial charge on any atom is -0.342 e. The first kappa shape index (κ1) is 22.1. The van der Waals surface area contributed by atoms with Gasteiger partial charge in [0, 0.05) is 62.1 Å². The molecular weight excluding hydrogens is 430 g/mol. The predicted molar refractivity (Wildman–Crippen MR) is 127 cm³/mol. The van der Waals surface area contributed by atoms with Crippen LogP contribution in [0.2, 0.25) is 0 Å². The van der Waals surface area contributed by atoms with Gasteiger partial charge in [0.2, 0.25) is 12.1 Å². The lowest BCUT2D eigenvalue weighted by atomic mass is 10.0. The van der Waals surface area contributed by atoms with Crippen molar-refractivity contribution in [1.82, 2.24) is 30.2 Å². The molecule has 0 aromatic carbocycles. The van der Waals surface area contributed by atoms with Crippen LogP contribution in [0.5, 0.6) is 0 Å². The molecule has 0 spiro atoms. The molecule has 34 heavy (non-hydrogen) atoms. The van der Waals surface area contributed by atoms with Gasteiger partial charge in [0.15, 0.2) is 11.8 Å². The average Bonchev–Trinajstić information content (AvgIpc) is 3.50. The first-order valence-corrected chi connectivity index (χ1v) is 11.7. The Kier molecular flexibility index (Phi) is 5.55. The Morgan fingerprint density at radius 1 is 1.15 bits per heavy atom. The van der Waals surface area contributed by atoms with Crippen molar-refractivity contribution in [3.05, 3.63) is 52.7 Å². The number of aryl methyl sites for hydroxylation is 2. The zero-order valence-corrected chi connectivity index (χ0v) is 20.0. The maximum atomic E-state index is 12.7. The Bertz CT molecular complexity index is 1390. The standard InChI is InChI=1S/C25H29N7O2/c1-14-15(2)28-29-24(14)23(34)10-18-9-19-11-22(27-25(19)26-12-18)21-13-32(30-16(21)3)20-5-7-31(8-6-20)17(4)33/h9,11-13,20H,5-8,10H2,1-4H3,(H2,26,27,28,29,34)/p+1. The summed E-state index contributed by atoms with van der Waals surface area (Å²) in [7, 11) is 0. The molecule has 0 saturated carbocycles. The number of carbonyl (C=O) groups is 2. The molecule has 1 fully saturated rings. The van der Waals surface area contributed by atoms with E-state index in [1.165, 1.54) is 0 Å². The van der Waals surface area contributed by atoms with Crippen LogP contribution in [-0.4, -0.2) is 54.9 Å². The third-order valence-corrected chi connectivity index (χ3v) is 6.97. The molecule has 1 aliphatic heterocycles. The van der Waals surface area contributed by atoms with Crippen molar-refractivity contribution >= 4 is 22.7 Å². The van der Waals surface area contributed by atoms with E-state index >= 15 is 0 Å². The van der Waals surface area contributed by atoms with Gasteiger partial charge in [-0.15, -0.1) is 4.68 Å². The van der Waals surface area contributed by atoms with Crippen LogP contribution in [0.3, 0.4) is 0 Å². The summed E-state index contributed by atoms with van der Waals surface area (Å²) in [6.45, 7) is 9.09. The topological polar surface area (TPSA) is 114 Å². The molecule has 1 aliphatic rings. The summed E-state index contributed by atoms with van der Waals surface area (Å²) in [6, 6.07) is 4.44. The van der Waals surface area contributed by atoms with E-state index in [2.05, 4.69) is 49.1 Å². The van der Waals surface area contributed by atoms with Crippen LogP contribution < -0.4 is 4.68 Å². The number of hydrogen-bond acceptors (Lipinski definition) is 4. The van der Waals surface area contributed by atoms with Crippen LogP contribution in [0.1, 0.15) is 58.8 Å². The molecule has 0 unspecified atom stereocenters. The quantitative estimate of drug-likeness (QED) is 0.314. The molecule has 0 atom stereocenters. The number of hydrogen-bond donors (Lipinski definition) is 3. The monoisotopic (exact) mass is 460 g/mol. The van der Waals surface area contributed by atoms with Gasteiger partial charge in [-0.1, -0.05) is 0 Å². The Balaban J connectivity index is 1.35. The molecule has 1 saturated heterocycles. The summed E-state index contributed by atoms with van der Waals surface area (Å²) in [6.07, 6.45) is 6.02. The number of amides is 1. The van der Waals surface area contributed by atoms with Crippen molar-refractivity contribution in [2.24, 2.45) is 0 Å². The van der Waals surface area contributed by atoms with E-state index in [-0.39, 0.29) is 18.1 Å². The summed E-state index contributed by atoms with van der Waals surface area (Å²) in [5, 5.41) is 11.5. The molecule has 4 aromatic heterocycles. The lowest BCUT2D eigenvalue weighted by Crippen LogP contribution is -2.48. The number of aromatic nitrogens is 6. The van der Waals surface area contributed by atoms with Crippen LogP contribution in [0, 0.1) is 20.8 Å². The van der Waals surface area contributed by atoms with E-state index in [0.29, 0.717) is 11.7 Å². The highest BCUT2D eigenvalue weighted by atomic mass is 16.2. The van der Waals surface area contributed by atoms with E-state index in [0.717, 1.165) is 70.7 Å². The van der Waals surface area contributed by atoms with E-state index < -0.39 is 0 Å². The molecule has 176 valence electrons. The summed E-state index contributed by atoms with van der Waals surface area (Å²) >= 11 is 0. The van der Waals surface area contributed by atoms with Crippen molar-refractivity contribution in [3.63, 3.8) is 0 Å². The SMILES string of the molecule is CC(=O)N1CCC([n+]2cc(-c3cc4cc(CC(=O)c5n[nH]c(C)c5C)cnc4[nH]3)c(C)[nH]2)CC1. The van der Waals surface area contributed by atoms with Crippen LogP contribution >= 0.6 is 0 Å². The summed E-state index contributed by atoms with van der Waals surface area (Å²) in [5.74, 6) is 0.130. The number of nitrogens with zero attached hydrogens (tertiary/aromatic N) is 4. The zero-order chi connectivity index (χ0) is 24.0. The molecule has 3 N–H and O–H groups in total. The Morgan fingerprint density at radius 3 is 2.59 bits per heavy atom. The maximum Gasteiger partial charge on any atom is 0.219 e. The highest BCUT2D eigenvalue weighted by molar-refractivity contribution is 5.97. The Labute approximate surface area is 197 Å². The molecule has 5 heterocycles. The highest BCUT2D eigenvalue weighted by Gasteiger charge is 2.29. The smallest absolute Gasteiger partial charge is 0.219 e.